The molecule has 0 bridgehead atoms. The minimum absolute atomic E-state index is 0.0177. The first-order chi connectivity index (χ1) is 11.7. The molecule has 1 fully saturated rings. The van der Waals surface area contributed by atoms with Crippen LogP contribution in [0.25, 0.3) is 0 Å². The molecule has 3 rings (SSSR count). The molecule has 128 valence electrons. The molecule has 1 aliphatic rings. The van der Waals surface area contributed by atoms with Gasteiger partial charge in [0.15, 0.2) is 0 Å². The summed E-state index contributed by atoms with van der Waals surface area (Å²) in [6.45, 7) is 4.90. The summed E-state index contributed by atoms with van der Waals surface area (Å²) in [4.78, 5) is 16.1. The maximum atomic E-state index is 12.4. The molecule has 2 aromatic rings. The third kappa shape index (κ3) is 4.18. The van der Waals surface area contributed by atoms with Crippen LogP contribution < -0.4 is 5.32 Å². The van der Waals surface area contributed by atoms with Gasteiger partial charge in [0, 0.05) is 21.8 Å². The number of amides is 1. The van der Waals surface area contributed by atoms with Crippen LogP contribution in [0, 0.1) is 0 Å². The number of hydrogen-bond donors (Lipinski definition) is 1. The highest BCUT2D eigenvalue weighted by Crippen LogP contribution is 2.26. The second-order valence-electron chi connectivity index (χ2n) is 6.18. The lowest BCUT2D eigenvalue weighted by atomic mass is 10.1. The molecule has 0 radical (unpaired) electrons. The predicted molar refractivity (Wildman–Crippen MR) is 101 cm³/mol. The molecular weight excluding hydrogens is 340 g/mol. The Morgan fingerprint density at radius 3 is 2.62 bits per heavy atom. The van der Waals surface area contributed by atoms with Crippen molar-refractivity contribution in [2.75, 3.05) is 19.6 Å². The Labute approximate surface area is 152 Å². The lowest BCUT2D eigenvalue weighted by Gasteiger charge is -2.28. The predicted octanol–water partition coefficient (Wildman–Crippen LogP) is 4.53. The fourth-order valence-corrected chi connectivity index (χ4v) is 4.11. The number of benzene rings is 1. The third-order valence-corrected chi connectivity index (χ3v) is 5.89. The number of rotatable bonds is 6. The molecule has 0 aliphatic carbocycles. The molecule has 1 aliphatic heterocycles. The molecule has 2 heterocycles. The van der Waals surface area contributed by atoms with E-state index in [1.54, 1.807) is 11.3 Å². The van der Waals surface area contributed by atoms with Crippen LogP contribution in [-0.4, -0.2) is 30.4 Å². The molecule has 1 aromatic carbocycles. The molecule has 5 heteroatoms. The van der Waals surface area contributed by atoms with Crippen molar-refractivity contribution in [3.05, 3.63) is 56.7 Å². The van der Waals surface area contributed by atoms with E-state index in [4.69, 9.17) is 11.6 Å². The Morgan fingerprint density at radius 1 is 1.29 bits per heavy atom. The normalized spacial score (nSPS) is 16.2. The molecule has 3 nitrogen and oxygen atoms in total. The Hall–Kier alpha value is -1.36. The molecular formula is C19H23ClN2OS. The van der Waals surface area contributed by atoms with Crippen molar-refractivity contribution in [3.63, 3.8) is 0 Å². The summed E-state index contributed by atoms with van der Waals surface area (Å²) in [5, 5.41) is 5.81. The SMILES string of the molecule is CCc1cc(C(=O)NC[C@@H](c2ccc(Cl)cc2)N2CCCC2)cs1. The average Bonchev–Trinajstić information content (AvgIpc) is 3.28. The molecule has 0 saturated carbocycles. The first kappa shape index (κ1) is 17.5. The minimum atomic E-state index is 0.0177. The number of thiophene rings is 1. The van der Waals surface area contributed by atoms with E-state index in [9.17, 15) is 4.79 Å². The Balaban J connectivity index is 1.69. The van der Waals surface area contributed by atoms with Crippen molar-refractivity contribution < 1.29 is 4.79 Å². The maximum absolute atomic E-state index is 12.4. The van der Waals surface area contributed by atoms with E-state index < -0.39 is 0 Å². The highest BCUT2D eigenvalue weighted by atomic mass is 35.5. The summed E-state index contributed by atoms with van der Waals surface area (Å²) in [6, 6.07) is 10.2. The number of carbonyl (C=O) groups excluding carboxylic acids is 1. The van der Waals surface area contributed by atoms with E-state index in [0.717, 1.165) is 30.1 Å². The number of likely N-dealkylation sites (tertiary alicyclic amines) is 1. The lowest BCUT2D eigenvalue weighted by Crippen LogP contribution is -2.36. The van der Waals surface area contributed by atoms with Crippen LogP contribution in [0.1, 0.15) is 46.6 Å². The van der Waals surface area contributed by atoms with Gasteiger partial charge in [-0.05, 0) is 56.1 Å². The van der Waals surface area contributed by atoms with Crippen molar-refractivity contribution in [2.45, 2.75) is 32.2 Å². The Kier molecular flexibility index (Phi) is 5.93. The summed E-state index contributed by atoms with van der Waals surface area (Å²) < 4.78 is 0. The van der Waals surface area contributed by atoms with Crippen molar-refractivity contribution in [1.82, 2.24) is 10.2 Å². The van der Waals surface area contributed by atoms with Crippen molar-refractivity contribution in [2.24, 2.45) is 0 Å². The summed E-state index contributed by atoms with van der Waals surface area (Å²) >= 11 is 7.67. The summed E-state index contributed by atoms with van der Waals surface area (Å²) in [7, 11) is 0. The molecule has 1 atom stereocenters. The maximum Gasteiger partial charge on any atom is 0.252 e. The van der Waals surface area contributed by atoms with Crippen LogP contribution in [0.15, 0.2) is 35.7 Å². The molecule has 1 saturated heterocycles. The van der Waals surface area contributed by atoms with E-state index in [0.29, 0.717) is 6.54 Å². The van der Waals surface area contributed by atoms with Gasteiger partial charge < -0.3 is 5.32 Å². The zero-order valence-corrected chi connectivity index (χ0v) is 15.5. The van der Waals surface area contributed by atoms with Crippen LogP contribution in [-0.2, 0) is 6.42 Å². The number of nitrogens with one attached hydrogen (secondary N) is 1. The van der Waals surface area contributed by atoms with Gasteiger partial charge >= 0.3 is 0 Å². The van der Waals surface area contributed by atoms with Crippen molar-refractivity contribution in [1.29, 1.82) is 0 Å². The summed E-state index contributed by atoms with van der Waals surface area (Å²) in [6.07, 6.45) is 3.42. The number of nitrogens with zero attached hydrogens (tertiary/aromatic N) is 1. The minimum Gasteiger partial charge on any atom is -0.350 e. The van der Waals surface area contributed by atoms with Gasteiger partial charge in [-0.3, -0.25) is 9.69 Å². The smallest absolute Gasteiger partial charge is 0.252 e. The van der Waals surface area contributed by atoms with Gasteiger partial charge in [0.25, 0.3) is 5.91 Å². The second kappa shape index (κ2) is 8.15. The van der Waals surface area contributed by atoms with Gasteiger partial charge in [-0.15, -0.1) is 11.3 Å². The molecule has 1 N–H and O–H groups in total. The van der Waals surface area contributed by atoms with Gasteiger partial charge in [0.05, 0.1) is 11.6 Å². The Morgan fingerprint density at radius 2 is 2.00 bits per heavy atom. The monoisotopic (exact) mass is 362 g/mol. The largest absolute Gasteiger partial charge is 0.350 e. The molecule has 0 spiro atoms. The van der Waals surface area contributed by atoms with Gasteiger partial charge in [0.2, 0.25) is 0 Å². The summed E-state index contributed by atoms with van der Waals surface area (Å²) in [5.74, 6) is 0.0177. The third-order valence-electron chi connectivity index (χ3n) is 4.56. The Bertz CT molecular complexity index is 677. The molecule has 1 amide bonds. The van der Waals surface area contributed by atoms with E-state index in [1.807, 2.05) is 23.6 Å². The van der Waals surface area contributed by atoms with E-state index in [2.05, 4.69) is 29.3 Å². The number of hydrogen-bond acceptors (Lipinski definition) is 3. The van der Waals surface area contributed by atoms with Crippen LogP contribution in [0.2, 0.25) is 5.02 Å². The van der Waals surface area contributed by atoms with Gasteiger partial charge in [-0.2, -0.15) is 0 Å². The second-order valence-corrected chi connectivity index (χ2v) is 7.61. The van der Waals surface area contributed by atoms with E-state index in [-0.39, 0.29) is 11.9 Å². The van der Waals surface area contributed by atoms with Crippen molar-refractivity contribution >= 4 is 28.8 Å². The molecule has 24 heavy (non-hydrogen) atoms. The molecule has 1 aromatic heterocycles. The zero-order chi connectivity index (χ0) is 16.9. The van der Waals surface area contributed by atoms with Crippen LogP contribution in [0.3, 0.4) is 0 Å². The number of carbonyl (C=O) groups is 1. The van der Waals surface area contributed by atoms with E-state index >= 15 is 0 Å². The first-order valence-electron chi connectivity index (χ1n) is 8.52. The first-order valence-corrected chi connectivity index (χ1v) is 9.78. The highest BCUT2D eigenvalue weighted by molar-refractivity contribution is 7.10. The lowest BCUT2D eigenvalue weighted by molar-refractivity contribution is 0.0938. The number of aryl methyl sites for hydroxylation is 1. The van der Waals surface area contributed by atoms with Crippen LogP contribution in [0.5, 0.6) is 0 Å². The van der Waals surface area contributed by atoms with Gasteiger partial charge in [-0.1, -0.05) is 30.7 Å². The van der Waals surface area contributed by atoms with Crippen molar-refractivity contribution in [3.8, 4) is 0 Å². The fourth-order valence-electron chi connectivity index (χ4n) is 3.17. The fraction of sp³-hybridized carbons (Fsp3) is 0.421. The van der Waals surface area contributed by atoms with Gasteiger partial charge in [-0.25, -0.2) is 0 Å². The summed E-state index contributed by atoms with van der Waals surface area (Å²) in [5.41, 5.74) is 1.98. The van der Waals surface area contributed by atoms with Gasteiger partial charge in [0.1, 0.15) is 0 Å². The molecule has 0 unspecified atom stereocenters. The quantitative estimate of drug-likeness (QED) is 0.818. The number of halogens is 1. The van der Waals surface area contributed by atoms with Crippen LogP contribution >= 0.6 is 22.9 Å². The topological polar surface area (TPSA) is 32.3 Å². The zero-order valence-electron chi connectivity index (χ0n) is 13.9. The average molecular weight is 363 g/mol. The van der Waals surface area contributed by atoms with Crippen LogP contribution in [0.4, 0.5) is 0 Å². The highest BCUT2D eigenvalue weighted by Gasteiger charge is 2.24. The standard InChI is InChI=1S/C19H23ClN2OS/c1-2-17-11-15(13-24-17)19(23)21-12-18(22-9-3-4-10-22)14-5-7-16(20)8-6-14/h5-8,11,13,18H,2-4,9-10,12H2,1H3,(H,21,23)/t18-/m0/s1. The van der Waals surface area contributed by atoms with E-state index in [1.165, 1.54) is 23.3 Å².